The summed E-state index contributed by atoms with van der Waals surface area (Å²) in [6.07, 6.45) is 2.43. The maximum absolute atomic E-state index is 11.3. The number of hydrogen-bond acceptors (Lipinski definition) is 3. The lowest BCUT2D eigenvalue weighted by molar-refractivity contribution is -0.119. The number of halogens is 2. The van der Waals surface area contributed by atoms with Gasteiger partial charge in [-0.3, -0.25) is 4.79 Å². The van der Waals surface area contributed by atoms with Crippen LogP contribution < -0.4 is 0 Å². The first-order chi connectivity index (χ1) is 5.27. The number of Topliss-reactive ketones (excluding diaryl/α,β-unsaturated/α-hetero) is 1. The van der Waals surface area contributed by atoms with Crippen molar-refractivity contribution in [1.29, 1.82) is 0 Å². The third-order valence-corrected chi connectivity index (χ3v) is 6.02. The summed E-state index contributed by atoms with van der Waals surface area (Å²) in [5.41, 5.74) is 0. The average molecular weight is 276 g/mol. The van der Waals surface area contributed by atoms with Crippen molar-refractivity contribution in [2.75, 3.05) is 6.26 Å². The van der Waals surface area contributed by atoms with Crippen LogP contribution in [0, 0.1) is 5.92 Å². The molecule has 0 amide bonds. The van der Waals surface area contributed by atoms with Gasteiger partial charge in [-0.2, -0.15) is 0 Å². The fraction of sp³-hybridized carbons (Fsp3) is 0.833. The first kappa shape index (κ1) is 10.5. The van der Waals surface area contributed by atoms with Crippen LogP contribution in [0.3, 0.4) is 0 Å². The third kappa shape index (κ3) is 1.83. The first-order valence-electron chi connectivity index (χ1n) is 3.38. The molecular formula is C6H8BrClO3S. The van der Waals surface area contributed by atoms with Crippen LogP contribution >= 0.6 is 27.5 Å². The molecule has 12 heavy (non-hydrogen) atoms. The van der Waals surface area contributed by atoms with Crippen LogP contribution in [-0.4, -0.2) is 23.6 Å². The van der Waals surface area contributed by atoms with Gasteiger partial charge in [-0.05, 0) is 28.8 Å². The molecule has 1 saturated carbocycles. The standard InChI is InChI=1S/C6H8BrClO3S/c1-12(10,11)6(7,8)5(9)4-2-3-4/h4H,2-3H2,1H3/t6-/m0/s1. The molecule has 0 aromatic rings. The van der Waals surface area contributed by atoms with Crippen molar-refractivity contribution in [2.45, 2.75) is 16.0 Å². The Bertz CT molecular complexity index is 305. The largest absolute Gasteiger partial charge is 0.295 e. The Morgan fingerprint density at radius 2 is 2.00 bits per heavy atom. The molecular weight excluding hydrogens is 267 g/mol. The molecule has 0 N–H and O–H groups in total. The Morgan fingerprint density at radius 1 is 1.58 bits per heavy atom. The second-order valence-corrected chi connectivity index (χ2v) is 8.05. The van der Waals surface area contributed by atoms with Crippen LogP contribution in [0.5, 0.6) is 0 Å². The lowest BCUT2D eigenvalue weighted by Gasteiger charge is -2.15. The lowest BCUT2D eigenvalue weighted by atomic mass is 10.3. The molecule has 1 aliphatic rings. The second-order valence-electron chi connectivity index (χ2n) is 2.93. The number of carbonyl (C=O) groups excluding carboxylic acids is 1. The molecule has 1 rings (SSSR count). The van der Waals surface area contributed by atoms with Crippen LogP contribution in [-0.2, 0) is 14.6 Å². The van der Waals surface area contributed by atoms with Crippen LogP contribution in [0.4, 0.5) is 0 Å². The molecule has 0 aromatic heterocycles. The minimum Gasteiger partial charge on any atom is -0.295 e. The molecule has 0 radical (unpaired) electrons. The van der Waals surface area contributed by atoms with Crippen molar-refractivity contribution in [3.05, 3.63) is 0 Å². The first-order valence-corrected chi connectivity index (χ1v) is 6.45. The fourth-order valence-electron chi connectivity index (χ4n) is 0.766. The molecule has 0 aromatic carbocycles. The topological polar surface area (TPSA) is 51.2 Å². The normalized spacial score (nSPS) is 23.2. The van der Waals surface area contributed by atoms with Crippen molar-refractivity contribution in [2.24, 2.45) is 5.92 Å². The van der Waals surface area contributed by atoms with Crippen molar-refractivity contribution in [3.63, 3.8) is 0 Å². The summed E-state index contributed by atoms with van der Waals surface area (Å²) < 4.78 is 20.2. The predicted molar refractivity (Wildman–Crippen MR) is 50.1 cm³/mol. The molecule has 1 atom stereocenters. The van der Waals surface area contributed by atoms with E-state index in [9.17, 15) is 13.2 Å². The summed E-state index contributed by atoms with van der Waals surface area (Å²) in [6, 6.07) is 0. The SMILES string of the molecule is CS(=O)(=O)[C@](Cl)(Br)C(=O)C1CC1. The van der Waals surface area contributed by atoms with E-state index >= 15 is 0 Å². The highest BCUT2D eigenvalue weighted by Gasteiger charge is 2.49. The Hall–Kier alpha value is 0.390. The summed E-state index contributed by atoms with van der Waals surface area (Å²) in [4.78, 5) is 11.3. The zero-order valence-corrected chi connectivity index (χ0v) is 9.54. The number of sulfone groups is 1. The smallest absolute Gasteiger partial charge is 0.256 e. The number of hydrogen-bond donors (Lipinski definition) is 0. The van der Waals surface area contributed by atoms with Gasteiger partial charge < -0.3 is 0 Å². The van der Waals surface area contributed by atoms with E-state index in [1.165, 1.54) is 0 Å². The van der Waals surface area contributed by atoms with Gasteiger partial charge in [-0.15, -0.1) is 0 Å². The molecule has 70 valence electrons. The summed E-state index contributed by atoms with van der Waals surface area (Å²) in [5, 5.41) is 0. The summed E-state index contributed by atoms with van der Waals surface area (Å²) >= 11 is 8.31. The fourth-order valence-corrected chi connectivity index (χ4v) is 1.78. The Kier molecular flexibility index (Phi) is 2.58. The van der Waals surface area contributed by atoms with E-state index in [2.05, 4.69) is 15.9 Å². The highest BCUT2D eigenvalue weighted by molar-refractivity contribution is 9.12. The number of rotatable bonds is 3. The summed E-state index contributed by atoms with van der Waals surface area (Å²) in [6.45, 7) is 0. The zero-order valence-electron chi connectivity index (χ0n) is 6.38. The van der Waals surface area contributed by atoms with E-state index in [1.807, 2.05) is 0 Å². The van der Waals surface area contributed by atoms with Gasteiger partial charge in [0.1, 0.15) is 0 Å². The number of ketones is 1. The molecule has 0 unspecified atom stereocenters. The van der Waals surface area contributed by atoms with Crippen molar-refractivity contribution >= 4 is 43.2 Å². The van der Waals surface area contributed by atoms with Gasteiger partial charge in [0.15, 0.2) is 15.6 Å². The Morgan fingerprint density at radius 3 is 2.25 bits per heavy atom. The monoisotopic (exact) mass is 274 g/mol. The minimum absolute atomic E-state index is 0.170. The average Bonchev–Trinajstić information content (AvgIpc) is 2.64. The van der Waals surface area contributed by atoms with Crippen molar-refractivity contribution in [3.8, 4) is 0 Å². The van der Waals surface area contributed by atoms with E-state index in [0.717, 1.165) is 19.1 Å². The Balaban J connectivity index is 2.91. The van der Waals surface area contributed by atoms with Gasteiger partial charge in [0.2, 0.25) is 0 Å². The van der Waals surface area contributed by atoms with E-state index < -0.39 is 18.7 Å². The molecule has 0 aliphatic heterocycles. The molecule has 0 bridgehead atoms. The van der Waals surface area contributed by atoms with E-state index in [1.54, 1.807) is 0 Å². The second kappa shape index (κ2) is 2.96. The van der Waals surface area contributed by atoms with Crippen molar-refractivity contribution in [1.82, 2.24) is 0 Å². The number of alkyl halides is 2. The quantitative estimate of drug-likeness (QED) is 0.730. The molecule has 0 saturated heterocycles. The van der Waals surface area contributed by atoms with Gasteiger partial charge in [0.05, 0.1) is 0 Å². The van der Waals surface area contributed by atoms with Crippen LogP contribution in [0.25, 0.3) is 0 Å². The van der Waals surface area contributed by atoms with Gasteiger partial charge in [-0.25, -0.2) is 8.42 Å². The van der Waals surface area contributed by atoms with Gasteiger partial charge >= 0.3 is 0 Å². The summed E-state index contributed by atoms with van der Waals surface area (Å²) in [5.74, 6) is -0.608. The van der Waals surface area contributed by atoms with Crippen LogP contribution in [0.2, 0.25) is 0 Å². The third-order valence-electron chi connectivity index (χ3n) is 1.70. The molecule has 0 spiro atoms. The molecule has 3 nitrogen and oxygen atoms in total. The molecule has 1 fully saturated rings. The maximum Gasteiger partial charge on any atom is 0.256 e. The number of carbonyl (C=O) groups is 1. The zero-order chi connectivity index (χ0) is 9.57. The highest BCUT2D eigenvalue weighted by atomic mass is 79.9. The van der Waals surface area contributed by atoms with Gasteiger partial charge in [0, 0.05) is 12.2 Å². The lowest BCUT2D eigenvalue weighted by Crippen LogP contribution is -2.35. The summed E-state index contributed by atoms with van der Waals surface area (Å²) in [7, 11) is -3.57. The molecule has 0 heterocycles. The maximum atomic E-state index is 11.3. The van der Waals surface area contributed by atoms with Crippen molar-refractivity contribution < 1.29 is 13.2 Å². The Labute approximate surface area is 84.5 Å². The minimum atomic E-state index is -3.57. The predicted octanol–water partition coefficient (Wildman–Crippen LogP) is 1.30. The molecule has 6 heteroatoms. The van der Waals surface area contributed by atoms with Crippen LogP contribution in [0.15, 0.2) is 0 Å². The van der Waals surface area contributed by atoms with E-state index in [0.29, 0.717) is 0 Å². The van der Waals surface area contributed by atoms with Crippen LogP contribution in [0.1, 0.15) is 12.8 Å². The molecule has 1 aliphatic carbocycles. The van der Waals surface area contributed by atoms with Gasteiger partial charge in [-0.1, -0.05) is 11.6 Å². The highest BCUT2D eigenvalue weighted by Crippen LogP contribution is 2.41. The van der Waals surface area contributed by atoms with E-state index in [4.69, 9.17) is 11.6 Å². The van der Waals surface area contributed by atoms with E-state index in [-0.39, 0.29) is 5.92 Å². The van der Waals surface area contributed by atoms with Gasteiger partial charge in [0.25, 0.3) is 3.12 Å².